The summed E-state index contributed by atoms with van der Waals surface area (Å²) in [7, 11) is 0. The van der Waals surface area contributed by atoms with Crippen molar-refractivity contribution in [2.45, 2.75) is 18.6 Å². The lowest BCUT2D eigenvalue weighted by Gasteiger charge is -2.16. The number of aliphatic hydroxyl groups excluding tert-OH is 1. The molecule has 0 spiro atoms. The number of nitrogens with two attached hydrogens (primary N) is 1. The van der Waals surface area contributed by atoms with E-state index in [-0.39, 0.29) is 11.9 Å². The molecule has 0 bridgehead atoms. The van der Waals surface area contributed by atoms with Gasteiger partial charge in [0.15, 0.2) is 0 Å². The number of aliphatic hydroxyl groups is 1. The quantitative estimate of drug-likeness (QED) is 0.688. The Balaban J connectivity index is 2.02. The first kappa shape index (κ1) is 11.1. The third kappa shape index (κ3) is 2.07. The molecule has 0 aromatic carbocycles. The normalized spacial score (nSPS) is 25.0. The van der Waals surface area contributed by atoms with E-state index in [2.05, 4.69) is 4.98 Å². The highest BCUT2D eigenvalue weighted by molar-refractivity contribution is 5.76. The second kappa shape index (κ2) is 4.63. The maximum absolute atomic E-state index is 11.6. The first-order chi connectivity index (χ1) is 7.72. The van der Waals surface area contributed by atoms with Crippen LogP contribution in [0.1, 0.15) is 12.5 Å². The van der Waals surface area contributed by atoms with Crippen LogP contribution < -0.4 is 5.73 Å². The van der Waals surface area contributed by atoms with Gasteiger partial charge in [-0.15, -0.1) is 0 Å². The van der Waals surface area contributed by atoms with E-state index in [1.165, 1.54) is 0 Å². The summed E-state index contributed by atoms with van der Waals surface area (Å²) in [5.74, 6) is 0.00386. The average molecular weight is 224 g/mol. The Morgan fingerprint density at radius 2 is 2.38 bits per heavy atom. The predicted molar refractivity (Wildman–Crippen MR) is 57.5 cm³/mol. The molecule has 1 amide bonds. The van der Waals surface area contributed by atoms with Gasteiger partial charge in [0.05, 0.1) is 18.5 Å². The molecule has 1 fully saturated rings. The SMILES string of the molecule is NCCC(=O)N1C[C@@H](n2ccnc2)[C@@H](O)C1. The maximum Gasteiger partial charge on any atom is 0.224 e. The zero-order chi connectivity index (χ0) is 11.5. The van der Waals surface area contributed by atoms with E-state index in [0.717, 1.165) is 0 Å². The van der Waals surface area contributed by atoms with Gasteiger partial charge in [0, 0.05) is 38.4 Å². The molecule has 2 atom stereocenters. The van der Waals surface area contributed by atoms with E-state index < -0.39 is 6.10 Å². The summed E-state index contributed by atoms with van der Waals surface area (Å²) < 4.78 is 1.83. The Kier molecular flexibility index (Phi) is 3.21. The van der Waals surface area contributed by atoms with Crippen LogP contribution >= 0.6 is 0 Å². The number of carbonyl (C=O) groups excluding carboxylic acids is 1. The fourth-order valence-corrected chi connectivity index (χ4v) is 2.01. The first-order valence-corrected chi connectivity index (χ1v) is 5.35. The van der Waals surface area contributed by atoms with E-state index >= 15 is 0 Å². The largest absolute Gasteiger partial charge is 0.389 e. The summed E-state index contributed by atoms with van der Waals surface area (Å²) in [5, 5.41) is 9.87. The van der Waals surface area contributed by atoms with Gasteiger partial charge in [-0.25, -0.2) is 4.98 Å². The van der Waals surface area contributed by atoms with Crippen LogP contribution in [0, 0.1) is 0 Å². The second-order valence-corrected chi connectivity index (χ2v) is 3.98. The highest BCUT2D eigenvalue weighted by atomic mass is 16.3. The smallest absolute Gasteiger partial charge is 0.224 e. The maximum atomic E-state index is 11.6. The monoisotopic (exact) mass is 224 g/mol. The van der Waals surface area contributed by atoms with Gasteiger partial charge in [0.25, 0.3) is 0 Å². The Morgan fingerprint density at radius 1 is 1.56 bits per heavy atom. The van der Waals surface area contributed by atoms with Crippen LogP contribution in [-0.2, 0) is 4.79 Å². The third-order valence-corrected chi connectivity index (χ3v) is 2.88. The Bertz CT molecular complexity index is 352. The van der Waals surface area contributed by atoms with Crippen molar-refractivity contribution in [3.8, 4) is 0 Å². The van der Waals surface area contributed by atoms with E-state index in [0.29, 0.717) is 26.1 Å². The number of imidazole rings is 1. The number of hydrogen-bond donors (Lipinski definition) is 2. The molecule has 0 saturated carbocycles. The van der Waals surface area contributed by atoms with Crippen molar-refractivity contribution >= 4 is 5.91 Å². The molecule has 1 aliphatic heterocycles. The number of rotatable bonds is 3. The molecule has 2 rings (SSSR count). The standard InChI is InChI=1S/C10H16N4O2/c11-2-1-10(16)14-5-8(9(15)6-14)13-4-3-12-7-13/h3-4,7-9,15H,1-2,5-6,11H2/t8-,9+/m1/s1. The van der Waals surface area contributed by atoms with Crippen LogP contribution in [0.3, 0.4) is 0 Å². The molecule has 1 saturated heterocycles. The van der Waals surface area contributed by atoms with Gasteiger partial charge in [-0.1, -0.05) is 0 Å². The molecule has 0 aliphatic carbocycles. The zero-order valence-corrected chi connectivity index (χ0v) is 8.99. The lowest BCUT2D eigenvalue weighted by atomic mass is 10.2. The van der Waals surface area contributed by atoms with Crippen LogP contribution in [0.5, 0.6) is 0 Å². The number of β-amino-alcohol motifs (C(OH)–C–C–N with tert-alkyl or cyclic N) is 1. The molecule has 88 valence electrons. The van der Waals surface area contributed by atoms with Gasteiger partial charge >= 0.3 is 0 Å². The number of likely N-dealkylation sites (tertiary alicyclic amines) is 1. The summed E-state index contributed by atoms with van der Waals surface area (Å²) in [5.41, 5.74) is 5.34. The molecule has 2 heterocycles. The topological polar surface area (TPSA) is 84.4 Å². The highest BCUT2D eigenvalue weighted by Crippen LogP contribution is 2.22. The minimum Gasteiger partial charge on any atom is -0.389 e. The summed E-state index contributed by atoms with van der Waals surface area (Å²) in [6, 6.07) is -0.0933. The van der Waals surface area contributed by atoms with Gasteiger partial charge in [0.1, 0.15) is 0 Å². The molecule has 1 aliphatic rings. The molecule has 1 aromatic heterocycles. The van der Waals surface area contributed by atoms with E-state index in [4.69, 9.17) is 5.73 Å². The van der Waals surface area contributed by atoms with Crippen molar-refractivity contribution in [2.24, 2.45) is 5.73 Å². The first-order valence-electron chi connectivity index (χ1n) is 5.35. The van der Waals surface area contributed by atoms with Gasteiger partial charge in [0.2, 0.25) is 5.91 Å². The Labute approximate surface area is 93.7 Å². The minimum atomic E-state index is -0.532. The molecular formula is C10H16N4O2. The number of hydrogen-bond acceptors (Lipinski definition) is 4. The van der Waals surface area contributed by atoms with E-state index in [1.54, 1.807) is 23.6 Å². The molecule has 0 unspecified atom stereocenters. The Hall–Kier alpha value is -1.40. The summed E-state index contributed by atoms with van der Waals surface area (Å²) in [6.07, 6.45) is 4.92. The number of aromatic nitrogens is 2. The van der Waals surface area contributed by atoms with Crippen molar-refractivity contribution in [2.75, 3.05) is 19.6 Å². The van der Waals surface area contributed by atoms with Gasteiger partial charge < -0.3 is 20.3 Å². The molecule has 1 aromatic rings. The van der Waals surface area contributed by atoms with Gasteiger partial charge in [-0.05, 0) is 0 Å². The minimum absolute atomic E-state index is 0.00386. The number of amides is 1. The fourth-order valence-electron chi connectivity index (χ4n) is 2.01. The van der Waals surface area contributed by atoms with Crippen LogP contribution in [0.4, 0.5) is 0 Å². The molecule has 16 heavy (non-hydrogen) atoms. The lowest BCUT2D eigenvalue weighted by molar-refractivity contribution is -0.130. The molecule has 6 heteroatoms. The number of nitrogens with zero attached hydrogens (tertiary/aromatic N) is 3. The number of carbonyl (C=O) groups is 1. The average Bonchev–Trinajstić information content (AvgIpc) is 2.86. The third-order valence-electron chi connectivity index (χ3n) is 2.88. The van der Waals surface area contributed by atoms with Crippen LogP contribution in [0.25, 0.3) is 0 Å². The Morgan fingerprint density at radius 3 is 3.00 bits per heavy atom. The van der Waals surface area contributed by atoms with Crippen molar-refractivity contribution < 1.29 is 9.90 Å². The molecule has 6 nitrogen and oxygen atoms in total. The summed E-state index contributed by atoms with van der Waals surface area (Å²) in [6.45, 7) is 1.25. The fraction of sp³-hybridized carbons (Fsp3) is 0.600. The van der Waals surface area contributed by atoms with Crippen molar-refractivity contribution in [1.29, 1.82) is 0 Å². The van der Waals surface area contributed by atoms with Crippen molar-refractivity contribution in [1.82, 2.24) is 14.5 Å². The van der Waals surface area contributed by atoms with Crippen LogP contribution in [0.2, 0.25) is 0 Å². The lowest BCUT2D eigenvalue weighted by Crippen LogP contribution is -2.31. The molecular weight excluding hydrogens is 208 g/mol. The van der Waals surface area contributed by atoms with Crippen LogP contribution in [0.15, 0.2) is 18.7 Å². The molecule has 0 radical (unpaired) electrons. The van der Waals surface area contributed by atoms with Gasteiger partial charge in [-0.3, -0.25) is 4.79 Å². The van der Waals surface area contributed by atoms with E-state index in [1.807, 2.05) is 4.57 Å². The van der Waals surface area contributed by atoms with E-state index in [9.17, 15) is 9.90 Å². The summed E-state index contributed by atoms with van der Waals surface area (Å²) in [4.78, 5) is 17.2. The van der Waals surface area contributed by atoms with Crippen molar-refractivity contribution in [3.63, 3.8) is 0 Å². The zero-order valence-electron chi connectivity index (χ0n) is 8.99. The van der Waals surface area contributed by atoms with Crippen LogP contribution in [-0.4, -0.2) is 51.2 Å². The summed E-state index contributed by atoms with van der Waals surface area (Å²) >= 11 is 0. The second-order valence-electron chi connectivity index (χ2n) is 3.98. The van der Waals surface area contributed by atoms with Crippen molar-refractivity contribution in [3.05, 3.63) is 18.7 Å². The molecule has 3 N–H and O–H groups in total. The van der Waals surface area contributed by atoms with Gasteiger partial charge in [-0.2, -0.15) is 0 Å². The highest BCUT2D eigenvalue weighted by Gasteiger charge is 2.34. The predicted octanol–water partition coefficient (Wildman–Crippen LogP) is -1.02.